The summed E-state index contributed by atoms with van der Waals surface area (Å²) >= 11 is 1.32. The van der Waals surface area contributed by atoms with Crippen LogP contribution in [-0.2, 0) is 23.5 Å². The van der Waals surface area contributed by atoms with Gasteiger partial charge in [0.25, 0.3) is 6.33 Å². The zero-order chi connectivity index (χ0) is 34.0. The van der Waals surface area contributed by atoms with Crippen LogP contribution in [0.2, 0.25) is 0 Å². The van der Waals surface area contributed by atoms with Crippen LogP contribution in [0, 0.1) is 36.8 Å². The minimum Gasteiger partial charge on any atom is -0.425 e. The van der Waals surface area contributed by atoms with Gasteiger partial charge in [0.2, 0.25) is 6.33 Å². The van der Waals surface area contributed by atoms with E-state index in [1.165, 1.54) is 22.1 Å². The molecule has 3 atom stereocenters. The molecule has 2 aromatic heterocycles. The van der Waals surface area contributed by atoms with Gasteiger partial charge in [-0.05, 0) is 80.3 Å². The lowest BCUT2D eigenvalue weighted by atomic mass is 9.82. The summed E-state index contributed by atoms with van der Waals surface area (Å²) in [4.78, 5) is 17.4. The average molecular weight is 670 g/mol. The van der Waals surface area contributed by atoms with Crippen LogP contribution in [0.5, 0.6) is 5.75 Å². The van der Waals surface area contributed by atoms with Crippen LogP contribution in [0.3, 0.4) is 0 Å². The van der Waals surface area contributed by atoms with Gasteiger partial charge in [-0.2, -0.15) is 5.26 Å². The Kier molecular flexibility index (Phi) is 9.46. The third kappa shape index (κ3) is 6.89. The smallest absolute Gasteiger partial charge is 0.328 e. The van der Waals surface area contributed by atoms with Gasteiger partial charge in [0.05, 0.1) is 28.9 Å². The molecule has 0 aliphatic carbocycles. The topological polar surface area (TPSA) is 117 Å². The summed E-state index contributed by atoms with van der Waals surface area (Å²) in [5.74, 6) is -2.05. The Bertz CT molecular complexity index is 1970. The van der Waals surface area contributed by atoms with Gasteiger partial charge in [-0.15, -0.1) is 16.0 Å². The summed E-state index contributed by atoms with van der Waals surface area (Å²) in [5.41, 5.74) is 2.69. The number of nitrogens with one attached hydrogen (secondary N) is 1. The maximum absolute atomic E-state index is 15.3. The molecule has 5 aromatic rings. The van der Waals surface area contributed by atoms with Gasteiger partial charge in [-0.3, -0.25) is 0 Å². The Labute approximate surface area is 281 Å². The van der Waals surface area contributed by atoms with Crippen LogP contribution >= 0.6 is 11.3 Å². The number of aryl methyl sites for hydroxylation is 2. The van der Waals surface area contributed by atoms with Crippen LogP contribution in [0.4, 0.5) is 8.78 Å². The first-order valence-corrected chi connectivity index (χ1v) is 16.5. The first kappa shape index (κ1) is 33.1. The highest BCUT2D eigenvalue weighted by Gasteiger charge is 2.43. The predicted octanol–water partition coefficient (Wildman–Crippen LogP) is 5.46. The molecule has 1 unspecified atom stereocenters. The number of aromatic nitrogens is 4. The van der Waals surface area contributed by atoms with Gasteiger partial charge in [0.15, 0.2) is 0 Å². The van der Waals surface area contributed by atoms with Crippen LogP contribution in [0.15, 0.2) is 72.6 Å². The molecule has 0 amide bonds. The number of carbonyl (C=O) groups is 1. The highest BCUT2D eigenvalue weighted by Crippen LogP contribution is 2.41. The zero-order valence-corrected chi connectivity index (χ0v) is 27.6. The van der Waals surface area contributed by atoms with Crippen molar-refractivity contribution in [1.29, 1.82) is 5.26 Å². The number of carbonyl (C=O) groups excluding carboxylic acids is 1. The fraction of sp³-hybridized carbons (Fsp3) is 0.306. The van der Waals surface area contributed by atoms with E-state index in [9.17, 15) is 14.3 Å². The number of rotatable bonds is 10. The Morgan fingerprint density at radius 2 is 1.96 bits per heavy atom. The van der Waals surface area contributed by atoms with Crippen molar-refractivity contribution < 1.29 is 28.0 Å². The fourth-order valence-corrected chi connectivity index (χ4v) is 7.14. The highest BCUT2D eigenvalue weighted by atomic mass is 32.1. The first-order chi connectivity index (χ1) is 23.0. The number of ether oxygens (including phenoxy) is 1. The number of esters is 1. The molecule has 0 bridgehead atoms. The Morgan fingerprint density at radius 3 is 2.62 bits per heavy atom. The van der Waals surface area contributed by atoms with Gasteiger partial charge in [0, 0.05) is 33.6 Å². The average Bonchev–Trinajstić information content (AvgIpc) is 3.86. The summed E-state index contributed by atoms with van der Waals surface area (Å²) in [5, 5.41) is 31.4. The van der Waals surface area contributed by atoms with Crippen molar-refractivity contribution in [2.45, 2.75) is 64.3 Å². The number of halogens is 2. The molecule has 1 saturated heterocycles. The number of hydrogen-bond acceptors (Lipinski definition) is 8. The zero-order valence-electron chi connectivity index (χ0n) is 26.8. The fourth-order valence-electron chi connectivity index (χ4n) is 6.17. The van der Waals surface area contributed by atoms with Crippen molar-refractivity contribution in [1.82, 2.24) is 20.1 Å². The lowest BCUT2D eigenvalue weighted by molar-refractivity contribution is -0.689. The summed E-state index contributed by atoms with van der Waals surface area (Å²) in [6.45, 7) is 6.67. The highest BCUT2D eigenvalue weighted by molar-refractivity contribution is 7.10. The van der Waals surface area contributed by atoms with Crippen LogP contribution in [0.1, 0.15) is 58.5 Å². The SMILES string of the molecule is Cc1cc(C[n+]2cnn(C[C@](O)(c3ccc(F)cc3F)[C@@H](C)c3nc(-c4ccc(C#N)cc4)cs3)c2)cc(C)c1OC(=O)C1CCCN1. The maximum Gasteiger partial charge on any atom is 0.328 e. The molecule has 3 heterocycles. The molecule has 1 aliphatic rings. The molecule has 9 nitrogen and oxygen atoms in total. The van der Waals surface area contributed by atoms with Crippen molar-refractivity contribution in [3.63, 3.8) is 0 Å². The molecular formula is C36H35F2N6O3S+. The third-order valence-electron chi connectivity index (χ3n) is 8.78. The van der Waals surface area contributed by atoms with E-state index in [4.69, 9.17) is 15.0 Å². The second-order valence-electron chi connectivity index (χ2n) is 12.3. The summed E-state index contributed by atoms with van der Waals surface area (Å²) in [6, 6.07) is 15.9. The molecule has 0 spiro atoms. The Hall–Kier alpha value is -4.83. The number of aliphatic hydroxyl groups is 1. The standard InChI is InChI=1S/C36H35F2N6O3S/c1-22-13-26(14-23(2)33(22)47-35(45)31-5-4-12-40-31)17-43-20-41-44(21-43)19-36(46,29-11-10-28(37)15-30(29)38)24(3)34-42-32(18-48-34)27-8-6-25(16-39)7-9-27/h6-11,13-15,18,20-21,24,31,40,46H,4-5,12,17,19H2,1-3H3/q+1/t24-,31?,36+/m0/s1. The number of thiazole rings is 1. The molecule has 12 heteroatoms. The predicted molar refractivity (Wildman–Crippen MR) is 175 cm³/mol. The second-order valence-corrected chi connectivity index (χ2v) is 13.2. The second kappa shape index (κ2) is 13.7. The van der Waals surface area contributed by atoms with Crippen molar-refractivity contribution >= 4 is 17.3 Å². The summed E-state index contributed by atoms with van der Waals surface area (Å²) < 4.78 is 38.4. The van der Waals surface area contributed by atoms with E-state index in [-0.39, 0.29) is 24.1 Å². The van der Waals surface area contributed by atoms with E-state index < -0.39 is 23.2 Å². The van der Waals surface area contributed by atoms with Crippen molar-refractivity contribution in [3.8, 4) is 23.1 Å². The van der Waals surface area contributed by atoms with Crippen LogP contribution in [-0.4, -0.2) is 38.4 Å². The monoisotopic (exact) mass is 669 g/mol. The van der Waals surface area contributed by atoms with Gasteiger partial charge in [0.1, 0.15) is 35.6 Å². The van der Waals surface area contributed by atoms with Crippen LogP contribution < -0.4 is 14.6 Å². The number of nitriles is 1. The minimum absolute atomic E-state index is 0.0715. The number of hydrogen-bond donors (Lipinski definition) is 2. The van der Waals surface area contributed by atoms with E-state index >= 15 is 4.39 Å². The quantitative estimate of drug-likeness (QED) is 0.115. The lowest BCUT2D eigenvalue weighted by Crippen LogP contribution is -2.39. The molecule has 1 fully saturated rings. The molecular weight excluding hydrogens is 634 g/mol. The first-order valence-electron chi connectivity index (χ1n) is 15.6. The Morgan fingerprint density at radius 1 is 1.21 bits per heavy atom. The Balaban J connectivity index is 1.24. The molecule has 0 saturated carbocycles. The van der Waals surface area contributed by atoms with E-state index in [1.54, 1.807) is 43.8 Å². The molecule has 2 N–H and O–H groups in total. The molecule has 48 heavy (non-hydrogen) atoms. The third-order valence-corrected chi connectivity index (χ3v) is 9.81. The maximum atomic E-state index is 15.3. The minimum atomic E-state index is -1.85. The molecule has 6 rings (SSSR count). The van der Waals surface area contributed by atoms with Crippen molar-refractivity contribution in [3.05, 3.63) is 117 Å². The molecule has 246 valence electrons. The van der Waals surface area contributed by atoms with Gasteiger partial charge in [-0.25, -0.2) is 23.1 Å². The van der Waals surface area contributed by atoms with Gasteiger partial charge in [-0.1, -0.05) is 25.1 Å². The lowest BCUT2D eigenvalue weighted by Gasteiger charge is -2.32. The molecule has 1 aliphatic heterocycles. The normalized spacial score (nSPS) is 16.3. The van der Waals surface area contributed by atoms with Crippen molar-refractivity contribution in [2.24, 2.45) is 0 Å². The van der Waals surface area contributed by atoms with Gasteiger partial charge < -0.3 is 15.2 Å². The molecule has 0 radical (unpaired) electrons. The van der Waals surface area contributed by atoms with E-state index in [0.29, 0.717) is 28.6 Å². The number of nitrogens with zero attached hydrogens (tertiary/aromatic N) is 5. The molecule has 3 aromatic carbocycles. The largest absolute Gasteiger partial charge is 0.425 e. The number of benzene rings is 3. The summed E-state index contributed by atoms with van der Waals surface area (Å²) in [6.07, 6.45) is 5.04. The summed E-state index contributed by atoms with van der Waals surface area (Å²) in [7, 11) is 0. The van der Waals surface area contributed by atoms with E-state index in [0.717, 1.165) is 53.8 Å². The van der Waals surface area contributed by atoms with E-state index in [2.05, 4.69) is 16.5 Å². The van der Waals surface area contributed by atoms with E-state index in [1.807, 2.05) is 35.9 Å². The van der Waals surface area contributed by atoms with Crippen molar-refractivity contribution in [2.75, 3.05) is 6.54 Å². The van der Waals surface area contributed by atoms with Crippen LogP contribution in [0.25, 0.3) is 11.3 Å². The van der Waals surface area contributed by atoms with Gasteiger partial charge >= 0.3 is 5.97 Å².